The van der Waals surface area contributed by atoms with E-state index in [0.717, 1.165) is 33.9 Å². The second-order valence-electron chi connectivity index (χ2n) is 13.0. The summed E-state index contributed by atoms with van der Waals surface area (Å²) in [4.78, 5) is 10.9. The fraction of sp³-hybridized carbons (Fsp3) is 0.0667. The van der Waals surface area contributed by atoms with Gasteiger partial charge in [0.1, 0.15) is 0 Å². The van der Waals surface area contributed by atoms with Gasteiger partial charge in [0, 0.05) is 27.7 Å². The van der Waals surface area contributed by atoms with Crippen LogP contribution in [0.2, 0.25) is 0 Å². The van der Waals surface area contributed by atoms with Crippen LogP contribution in [0.4, 0.5) is 0 Å². The Hall–Kier alpha value is -5.86. The molecule has 7 aromatic carbocycles. The minimum atomic E-state index is -0.296. The summed E-state index contributed by atoms with van der Waals surface area (Å²) >= 11 is 0. The minimum Gasteiger partial charge on any atom is -0.228 e. The zero-order chi connectivity index (χ0) is 31.5. The molecule has 0 aliphatic heterocycles. The molecule has 0 spiro atoms. The molecule has 8 aromatic rings. The molecule has 0 unspecified atom stereocenters. The van der Waals surface area contributed by atoms with E-state index >= 15 is 0 Å². The second kappa shape index (κ2) is 10.6. The molecule has 1 aliphatic carbocycles. The average Bonchev–Trinajstić information content (AvgIpc) is 3.38. The van der Waals surface area contributed by atoms with E-state index in [4.69, 9.17) is 9.97 Å². The van der Waals surface area contributed by atoms with Gasteiger partial charge in [-0.05, 0) is 61.5 Å². The molecule has 0 bridgehead atoms. The number of benzene rings is 7. The zero-order valence-electron chi connectivity index (χ0n) is 26.4. The van der Waals surface area contributed by atoms with Crippen molar-refractivity contribution in [3.05, 3.63) is 169 Å². The Morgan fingerprint density at radius 3 is 1.64 bits per heavy atom. The summed E-state index contributed by atoms with van der Waals surface area (Å²) in [5.74, 6) is 0.740. The molecule has 0 radical (unpaired) electrons. The Balaban J connectivity index is 1.28. The van der Waals surface area contributed by atoms with E-state index < -0.39 is 0 Å². The van der Waals surface area contributed by atoms with Crippen LogP contribution in [0.5, 0.6) is 0 Å². The van der Waals surface area contributed by atoms with Crippen molar-refractivity contribution in [2.75, 3.05) is 0 Å². The topological polar surface area (TPSA) is 25.8 Å². The fourth-order valence-electron chi connectivity index (χ4n) is 7.62. The average molecular weight is 601 g/mol. The van der Waals surface area contributed by atoms with Crippen LogP contribution in [0.15, 0.2) is 158 Å². The molecule has 0 saturated carbocycles. The van der Waals surface area contributed by atoms with Crippen LogP contribution < -0.4 is 0 Å². The third kappa shape index (κ3) is 4.40. The van der Waals surface area contributed by atoms with E-state index in [1.807, 2.05) is 0 Å². The van der Waals surface area contributed by atoms with Crippen molar-refractivity contribution in [2.45, 2.75) is 19.3 Å². The summed E-state index contributed by atoms with van der Waals surface area (Å²) in [5.41, 5.74) is 12.3. The summed E-state index contributed by atoms with van der Waals surface area (Å²) in [6.07, 6.45) is 0. The highest BCUT2D eigenvalue weighted by atomic mass is 14.9. The molecular weight excluding hydrogens is 569 g/mol. The lowest BCUT2D eigenvalue weighted by molar-refractivity contribution is 0.663. The summed E-state index contributed by atoms with van der Waals surface area (Å²) < 4.78 is 0. The largest absolute Gasteiger partial charge is 0.228 e. The molecule has 2 heteroatoms. The maximum atomic E-state index is 5.48. The molecule has 0 N–H and O–H groups in total. The zero-order valence-corrected chi connectivity index (χ0v) is 26.4. The number of aromatic nitrogens is 2. The van der Waals surface area contributed by atoms with Crippen LogP contribution >= 0.6 is 0 Å². The Labute approximate surface area is 275 Å². The van der Waals surface area contributed by atoms with Gasteiger partial charge in [-0.25, -0.2) is 9.97 Å². The monoisotopic (exact) mass is 600 g/mol. The Morgan fingerprint density at radius 2 is 0.894 bits per heavy atom. The highest BCUT2D eigenvalue weighted by molar-refractivity contribution is 6.02. The first kappa shape index (κ1) is 27.5. The molecule has 0 saturated heterocycles. The number of nitrogens with zero attached hydrogens (tertiary/aromatic N) is 2. The van der Waals surface area contributed by atoms with Crippen LogP contribution in [0.1, 0.15) is 25.0 Å². The molecule has 47 heavy (non-hydrogen) atoms. The third-order valence-electron chi connectivity index (χ3n) is 9.81. The Kier molecular flexibility index (Phi) is 6.20. The predicted molar refractivity (Wildman–Crippen MR) is 196 cm³/mol. The first-order valence-corrected chi connectivity index (χ1v) is 16.3. The quantitative estimate of drug-likeness (QED) is 0.201. The molecule has 1 heterocycles. The lowest BCUT2D eigenvalue weighted by Gasteiger charge is -2.25. The number of hydrogen-bond acceptors (Lipinski definition) is 2. The molecule has 0 atom stereocenters. The number of rotatable bonds is 4. The van der Waals surface area contributed by atoms with E-state index in [9.17, 15) is 0 Å². The van der Waals surface area contributed by atoms with Crippen LogP contribution in [0, 0.1) is 0 Å². The van der Waals surface area contributed by atoms with Gasteiger partial charge in [0.25, 0.3) is 0 Å². The maximum absolute atomic E-state index is 5.48. The van der Waals surface area contributed by atoms with Crippen molar-refractivity contribution < 1.29 is 0 Å². The van der Waals surface area contributed by atoms with Crippen molar-refractivity contribution in [3.63, 3.8) is 0 Å². The molecule has 222 valence electrons. The lowest BCUT2D eigenvalue weighted by Crippen LogP contribution is -2.18. The summed E-state index contributed by atoms with van der Waals surface area (Å²) in [5, 5.41) is 4.93. The predicted octanol–water partition coefficient (Wildman–Crippen LogP) is 11.8. The second-order valence-corrected chi connectivity index (χ2v) is 13.0. The first-order valence-electron chi connectivity index (χ1n) is 16.3. The van der Waals surface area contributed by atoms with Gasteiger partial charge < -0.3 is 0 Å². The minimum absolute atomic E-state index is 0.296. The van der Waals surface area contributed by atoms with Crippen molar-refractivity contribution in [2.24, 2.45) is 0 Å². The molecule has 1 aromatic heterocycles. The fourth-order valence-corrected chi connectivity index (χ4v) is 7.62. The molecular formula is C45H32N2. The van der Waals surface area contributed by atoms with Gasteiger partial charge in [0.05, 0.1) is 11.4 Å². The normalized spacial score (nSPS) is 13.1. The van der Waals surface area contributed by atoms with E-state index in [1.165, 1.54) is 54.9 Å². The SMILES string of the molecule is CC1(C)c2c(nc(-c3cccc(-c4cccc(-c5ccccc5)c4)c3)nc2-c2cccc3ccccc23)-c2ccc3ccccc3c21. The summed E-state index contributed by atoms with van der Waals surface area (Å²) in [6.45, 7) is 4.67. The van der Waals surface area contributed by atoms with Gasteiger partial charge in [0.2, 0.25) is 0 Å². The van der Waals surface area contributed by atoms with Gasteiger partial charge in [0.15, 0.2) is 5.82 Å². The molecule has 2 nitrogen and oxygen atoms in total. The number of fused-ring (bicyclic) bond motifs is 6. The number of hydrogen-bond donors (Lipinski definition) is 0. The highest BCUT2D eigenvalue weighted by Gasteiger charge is 2.41. The van der Waals surface area contributed by atoms with E-state index in [1.54, 1.807) is 0 Å². The maximum Gasteiger partial charge on any atom is 0.160 e. The van der Waals surface area contributed by atoms with Crippen LogP contribution in [0.25, 0.3) is 77.7 Å². The third-order valence-corrected chi connectivity index (χ3v) is 9.81. The van der Waals surface area contributed by atoms with Crippen molar-refractivity contribution >= 4 is 21.5 Å². The summed E-state index contributed by atoms with van der Waals surface area (Å²) in [6, 6.07) is 56.4. The van der Waals surface area contributed by atoms with Crippen molar-refractivity contribution in [3.8, 4) is 56.2 Å². The van der Waals surface area contributed by atoms with Crippen molar-refractivity contribution in [1.82, 2.24) is 9.97 Å². The highest BCUT2D eigenvalue weighted by Crippen LogP contribution is 2.54. The molecule has 0 amide bonds. The lowest BCUT2D eigenvalue weighted by atomic mass is 9.78. The van der Waals surface area contributed by atoms with Gasteiger partial charge in [-0.3, -0.25) is 0 Å². The van der Waals surface area contributed by atoms with Gasteiger partial charge >= 0.3 is 0 Å². The Bertz CT molecular complexity index is 2490. The Morgan fingerprint density at radius 1 is 0.383 bits per heavy atom. The van der Waals surface area contributed by atoms with Crippen LogP contribution in [-0.4, -0.2) is 9.97 Å². The standard InChI is InChI=1S/C45H32N2/c1-45(2)40-37-23-9-7-16-31(37)25-26-39(40)43-41(45)42(38-24-12-17-30-15-6-8-22-36(30)38)46-44(47-43)35-21-11-20-34(28-35)33-19-10-18-32(27-33)29-13-4-3-5-14-29/h3-28H,1-2H3. The first-order chi connectivity index (χ1) is 23.1. The van der Waals surface area contributed by atoms with Gasteiger partial charge in [-0.1, -0.05) is 159 Å². The van der Waals surface area contributed by atoms with E-state index in [-0.39, 0.29) is 5.41 Å². The summed E-state index contributed by atoms with van der Waals surface area (Å²) in [7, 11) is 0. The van der Waals surface area contributed by atoms with E-state index in [2.05, 4.69) is 172 Å². The van der Waals surface area contributed by atoms with Gasteiger partial charge in [-0.15, -0.1) is 0 Å². The van der Waals surface area contributed by atoms with Crippen LogP contribution in [0.3, 0.4) is 0 Å². The van der Waals surface area contributed by atoms with E-state index in [0.29, 0.717) is 0 Å². The van der Waals surface area contributed by atoms with Crippen molar-refractivity contribution in [1.29, 1.82) is 0 Å². The van der Waals surface area contributed by atoms with Crippen LogP contribution in [-0.2, 0) is 5.41 Å². The molecule has 9 rings (SSSR count). The molecule has 1 aliphatic rings. The van der Waals surface area contributed by atoms with Gasteiger partial charge in [-0.2, -0.15) is 0 Å². The molecule has 0 fully saturated rings. The smallest absolute Gasteiger partial charge is 0.160 e.